The molecule has 1 unspecified atom stereocenters. The third kappa shape index (κ3) is 3.91. The van der Waals surface area contributed by atoms with Gasteiger partial charge in [0, 0.05) is 22.9 Å². The molecule has 1 heterocycles. The fourth-order valence-corrected chi connectivity index (χ4v) is 3.73. The fourth-order valence-electron chi connectivity index (χ4n) is 3.55. The third-order valence-corrected chi connectivity index (χ3v) is 5.22. The van der Waals surface area contributed by atoms with Crippen molar-refractivity contribution < 1.29 is 18.3 Å². The molecule has 0 saturated carbocycles. The van der Waals surface area contributed by atoms with Gasteiger partial charge in [0.15, 0.2) is 0 Å². The van der Waals surface area contributed by atoms with Crippen LogP contribution in [0.5, 0.6) is 5.88 Å². The number of ether oxygens (including phenoxy) is 1. The molecule has 0 spiro atoms. The number of halogens is 3. The van der Waals surface area contributed by atoms with Gasteiger partial charge in [0.2, 0.25) is 5.88 Å². The Morgan fingerprint density at radius 1 is 1.17 bits per heavy atom. The summed E-state index contributed by atoms with van der Waals surface area (Å²) in [5.74, 6) is -0.513. The second-order valence-electron chi connectivity index (χ2n) is 6.75. The average Bonchev–Trinajstić information content (AvgIpc) is 3.15. The summed E-state index contributed by atoms with van der Waals surface area (Å²) in [5, 5.41) is 5.77. The summed E-state index contributed by atoms with van der Waals surface area (Å²) < 4.78 is 33.1. The number of hydrogen-bond donors (Lipinski definition) is 2. The molecule has 1 aliphatic rings. The van der Waals surface area contributed by atoms with Crippen LogP contribution in [0.3, 0.4) is 0 Å². The molecule has 30 heavy (non-hydrogen) atoms. The summed E-state index contributed by atoms with van der Waals surface area (Å²) in [7, 11) is 1.50. The normalized spacial score (nSPS) is 14.9. The zero-order chi connectivity index (χ0) is 21.3. The average molecular weight is 431 g/mol. The Bertz CT molecular complexity index is 1130. The van der Waals surface area contributed by atoms with Crippen LogP contribution >= 0.6 is 11.6 Å². The summed E-state index contributed by atoms with van der Waals surface area (Å²) in [6.07, 6.45) is 2.45. The predicted octanol–water partition coefficient (Wildman–Crippen LogP) is 4.77. The van der Waals surface area contributed by atoms with E-state index in [1.54, 1.807) is 6.07 Å². The monoisotopic (exact) mass is 430 g/mol. The Morgan fingerprint density at radius 2 is 1.97 bits per heavy atom. The number of methoxy groups -OCH3 is 1. The lowest BCUT2D eigenvalue weighted by Crippen LogP contribution is -2.16. The molecule has 154 valence electrons. The first-order chi connectivity index (χ1) is 14.5. The quantitative estimate of drug-likeness (QED) is 0.610. The summed E-state index contributed by atoms with van der Waals surface area (Å²) in [4.78, 5) is 20.9. The van der Waals surface area contributed by atoms with E-state index >= 15 is 0 Å². The molecular weight excluding hydrogens is 414 g/mol. The van der Waals surface area contributed by atoms with Crippen molar-refractivity contribution in [3.63, 3.8) is 0 Å². The Morgan fingerprint density at radius 3 is 2.73 bits per heavy atom. The van der Waals surface area contributed by atoms with Crippen LogP contribution in [0.1, 0.15) is 33.9 Å². The van der Waals surface area contributed by atoms with Crippen LogP contribution in [0.2, 0.25) is 5.02 Å². The Labute approximate surface area is 176 Å². The van der Waals surface area contributed by atoms with Crippen molar-refractivity contribution in [1.82, 2.24) is 9.97 Å². The highest BCUT2D eigenvalue weighted by Crippen LogP contribution is 2.38. The van der Waals surface area contributed by atoms with E-state index in [2.05, 4.69) is 20.6 Å². The first kappa shape index (κ1) is 20.0. The molecule has 0 radical (unpaired) electrons. The largest absolute Gasteiger partial charge is 0.481 e. The molecular formula is C21H17ClF2N4O2. The van der Waals surface area contributed by atoms with Crippen LogP contribution in [0, 0.1) is 11.6 Å². The molecule has 2 N–H and O–H groups in total. The van der Waals surface area contributed by atoms with Gasteiger partial charge in [-0.15, -0.1) is 0 Å². The number of anilines is 2. The summed E-state index contributed by atoms with van der Waals surface area (Å²) in [6, 6.07) is 7.89. The number of nitrogens with zero attached hydrogens (tertiary/aromatic N) is 2. The van der Waals surface area contributed by atoms with Gasteiger partial charge in [-0.2, -0.15) is 0 Å². The number of amides is 1. The number of aromatic nitrogens is 2. The van der Waals surface area contributed by atoms with Gasteiger partial charge in [0.1, 0.15) is 23.8 Å². The van der Waals surface area contributed by atoms with Crippen LogP contribution in [0.4, 0.5) is 20.3 Å². The fraction of sp³-hybridized carbons (Fsp3) is 0.190. The minimum Gasteiger partial charge on any atom is -0.481 e. The van der Waals surface area contributed by atoms with E-state index in [9.17, 15) is 13.6 Å². The smallest absolute Gasteiger partial charge is 0.255 e. The van der Waals surface area contributed by atoms with Crippen LogP contribution in [0.15, 0.2) is 42.7 Å². The van der Waals surface area contributed by atoms with Crippen molar-refractivity contribution in [3.05, 3.63) is 76.1 Å². The molecule has 1 aliphatic carbocycles. The minimum atomic E-state index is -0.576. The first-order valence-corrected chi connectivity index (χ1v) is 9.54. The number of fused-ring (bicyclic) bond motifs is 1. The molecule has 9 heteroatoms. The van der Waals surface area contributed by atoms with Gasteiger partial charge in [-0.05, 0) is 48.7 Å². The minimum absolute atomic E-state index is 0.0957. The van der Waals surface area contributed by atoms with Gasteiger partial charge in [-0.1, -0.05) is 11.6 Å². The summed E-state index contributed by atoms with van der Waals surface area (Å²) in [5.41, 5.74) is 1.76. The van der Waals surface area contributed by atoms with Crippen molar-refractivity contribution >= 4 is 29.0 Å². The topological polar surface area (TPSA) is 76.1 Å². The summed E-state index contributed by atoms with van der Waals surface area (Å²) in [6.45, 7) is 0. The predicted molar refractivity (Wildman–Crippen MR) is 109 cm³/mol. The van der Waals surface area contributed by atoms with Crippen molar-refractivity contribution in [1.29, 1.82) is 0 Å². The zero-order valence-electron chi connectivity index (χ0n) is 15.9. The van der Waals surface area contributed by atoms with E-state index in [0.717, 1.165) is 0 Å². The van der Waals surface area contributed by atoms with Crippen LogP contribution < -0.4 is 15.4 Å². The second kappa shape index (κ2) is 8.23. The van der Waals surface area contributed by atoms with E-state index in [1.165, 1.54) is 43.8 Å². The molecule has 1 amide bonds. The molecule has 0 saturated heterocycles. The van der Waals surface area contributed by atoms with Crippen molar-refractivity contribution in [3.8, 4) is 5.88 Å². The van der Waals surface area contributed by atoms with E-state index in [1.807, 2.05) is 0 Å². The maximum atomic E-state index is 14.7. The van der Waals surface area contributed by atoms with Crippen molar-refractivity contribution in [2.75, 3.05) is 17.7 Å². The molecule has 0 fully saturated rings. The molecule has 1 atom stereocenters. The molecule has 6 nitrogen and oxygen atoms in total. The number of hydrogen-bond acceptors (Lipinski definition) is 5. The van der Waals surface area contributed by atoms with Gasteiger partial charge in [-0.25, -0.2) is 18.7 Å². The lowest BCUT2D eigenvalue weighted by molar-refractivity contribution is 0.102. The van der Waals surface area contributed by atoms with Gasteiger partial charge < -0.3 is 15.4 Å². The number of nitrogens with one attached hydrogen (secondary N) is 2. The molecule has 2 aromatic carbocycles. The molecule has 0 bridgehead atoms. The summed E-state index contributed by atoms with van der Waals surface area (Å²) >= 11 is 5.77. The van der Waals surface area contributed by atoms with E-state index in [4.69, 9.17) is 16.3 Å². The molecule has 3 aromatic rings. The van der Waals surface area contributed by atoms with E-state index in [0.29, 0.717) is 46.9 Å². The molecule has 1 aromatic heterocycles. The highest BCUT2D eigenvalue weighted by atomic mass is 35.5. The number of rotatable bonds is 5. The number of carbonyl (C=O) groups excluding carboxylic acids is 1. The van der Waals surface area contributed by atoms with Gasteiger partial charge in [0.25, 0.3) is 5.91 Å². The van der Waals surface area contributed by atoms with Crippen LogP contribution in [-0.2, 0) is 6.42 Å². The van der Waals surface area contributed by atoms with Crippen LogP contribution in [-0.4, -0.2) is 23.0 Å². The highest BCUT2D eigenvalue weighted by Gasteiger charge is 2.30. The molecule has 0 aliphatic heterocycles. The van der Waals surface area contributed by atoms with Crippen molar-refractivity contribution in [2.45, 2.75) is 18.9 Å². The molecule has 4 rings (SSSR count). The van der Waals surface area contributed by atoms with Crippen molar-refractivity contribution in [2.24, 2.45) is 0 Å². The van der Waals surface area contributed by atoms with Gasteiger partial charge in [-0.3, -0.25) is 4.79 Å². The second-order valence-corrected chi connectivity index (χ2v) is 7.16. The Kier molecular flexibility index (Phi) is 5.50. The number of carbonyl (C=O) groups is 1. The maximum absolute atomic E-state index is 14.7. The third-order valence-electron chi connectivity index (χ3n) is 4.93. The Hall–Kier alpha value is -3.26. The maximum Gasteiger partial charge on any atom is 0.255 e. The lowest BCUT2D eigenvalue weighted by atomic mass is 10.0. The number of benzene rings is 2. The zero-order valence-corrected chi connectivity index (χ0v) is 16.6. The van der Waals surface area contributed by atoms with E-state index in [-0.39, 0.29) is 11.1 Å². The van der Waals surface area contributed by atoms with Gasteiger partial charge in [0.05, 0.1) is 18.2 Å². The van der Waals surface area contributed by atoms with Gasteiger partial charge >= 0.3 is 0 Å². The highest BCUT2D eigenvalue weighted by molar-refractivity contribution is 6.31. The lowest BCUT2D eigenvalue weighted by Gasteiger charge is -2.16. The van der Waals surface area contributed by atoms with E-state index < -0.39 is 17.5 Å². The Balaban J connectivity index is 1.60. The standard InChI is InChI=1S/C21H17ClF2N4O2/c1-30-19-9-18(25-10-26-19)28-17-7-4-12-13(3-6-16(24)20(12)17)21(29)27-11-2-5-15(23)14(22)8-11/h2-3,5-6,8-10,17H,4,7H2,1H3,(H,27,29)(H,25,26,28). The van der Waals surface area contributed by atoms with Crippen LogP contribution in [0.25, 0.3) is 0 Å². The first-order valence-electron chi connectivity index (χ1n) is 9.16. The SMILES string of the molecule is COc1cc(NC2CCc3c(C(=O)Nc4ccc(F)c(Cl)c4)ccc(F)c32)ncn1.